The lowest BCUT2D eigenvalue weighted by Gasteiger charge is -2.28. The van der Waals surface area contributed by atoms with Gasteiger partial charge in [-0.2, -0.15) is 0 Å². The van der Waals surface area contributed by atoms with Crippen molar-refractivity contribution in [2.75, 3.05) is 13.7 Å². The van der Waals surface area contributed by atoms with E-state index in [-0.39, 0.29) is 5.91 Å². The zero-order valence-corrected chi connectivity index (χ0v) is 11.5. The quantitative estimate of drug-likeness (QED) is 0.839. The highest BCUT2D eigenvalue weighted by Crippen LogP contribution is 2.41. The van der Waals surface area contributed by atoms with Gasteiger partial charge in [0.05, 0.1) is 7.11 Å². The Morgan fingerprint density at radius 2 is 2.16 bits per heavy atom. The van der Waals surface area contributed by atoms with Gasteiger partial charge >= 0.3 is 0 Å². The maximum Gasteiger partial charge on any atom is 0.247 e. The van der Waals surface area contributed by atoms with E-state index in [1.807, 2.05) is 13.0 Å². The second kappa shape index (κ2) is 4.72. The van der Waals surface area contributed by atoms with E-state index >= 15 is 0 Å². The molecule has 0 aromatic heterocycles. The van der Waals surface area contributed by atoms with Gasteiger partial charge in [0.25, 0.3) is 0 Å². The highest BCUT2D eigenvalue weighted by molar-refractivity contribution is 6.02. The third kappa shape index (κ3) is 2.03. The fourth-order valence-corrected chi connectivity index (χ4v) is 3.27. The minimum absolute atomic E-state index is 0.0844. The summed E-state index contributed by atoms with van der Waals surface area (Å²) in [6, 6.07) is 6.21. The van der Waals surface area contributed by atoms with Crippen molar-refractivity contribution in [3.05, 3.63) is 34.9 Å². The van der Waals surface area contributed by atoms with Gasteiger partial charge in [0.15, 0.2) is 0 Å². The van der Waals surface area contributed by atoms with Crippen LogP contribution in [0.4, 0.5) is 0 Å². The molecule has 1 atom stereocenters. The Bertz CT molecular complexity index is 560. The number of carbonyl (C=O) groups excluding carboxylic acids is 1. The molecule has 2 aliphatic rings. The summed E-state index contributed by atoms with van der Waals surface area (Å²) in [4.78, 5) is 12.0. The molecule has 0 bridgehead atoms. The molecule has 3 rings (SSSR count). The number of fused-ring (bicyclic) bond motifs is 3. The summed E-state index contributed by atoms with van der Waals surface area (Å²) in [5.41, 5.74) is 4.68. The summed E-state index contributed by atoms with van der Waals surface area (Å²) in [5, 5.41) is 2.98. The van der Waals surface area contributed by atoms with Gasteiger partial charge in [-0.25, -0.2) is 0 Å². The second-order valence-corrected chi connectivity index (χ2v) is 5.34. The SMILES string of the molecule is COc1ccc2c(c1)CCC1CCNC(=O)C(C)=C21. The second-order valence-electron chi connectivity index (χ2n) is 5.34. The maximum atomic E-state index is 12.0. The molecule has 1 amide bonds. The molecular weight excluding hydrogens is 238 g/mol. The lowest BCUT2D eigenvalue weighted by Crippen LogP contribution is -2.23. The van der Waals surface area contributed by atoms with E-state index in [4.69, 9.17) is 4.74 Å². The first-order chi connectivity index (χ1) is 9.20. The van der Waals surface area contributed by atoms with Gasteiger partial charge in [0.1, 0.15) is 5.75 Å². The molecule has 1 unspecified atom stereocenters. The van der Waals surface area contributed by atoms with Gasteiger partial charge in [-0.3, -0.25) is 4.79 Å². The number of benzene rings is 1. The first-order valence-corrected chi connectivity index (χ1v) is 6.87. The minimum atomic E-state index is 0.0844. The molecule has 0 fully saturated rings. The van der Waals surface area contributed by atoms with Crippen molar-refractivity contribution in [1.29, 1.82) is 0 Å². The largest absolute Gasteiger partial charge is 0.497 e. The number of hydrogen-bond acceptors (Lipinski definition) is 2. The average molecular weight is 257 g/mol. The minimum Gasteiger partial charge on any atom is -0.497 e. The number of nitrogens with one attached hydrogen (secondary N) is 1. The summed E-state index contributed by atoms with van der Waals surface area (Å²) in [6.45, 7) is 2.73. The van der Waals surface area contributed by atoms with E-state index in [9.17, 15) is 4.79 Å². The van der Waals surface area contributed by atoms with Gasteiger partial charge in [-0.15, -0.1) is 0 Å². The third-order valence-corrected chi connectivity index (χ3v) is 4.30. The van der Waals surface area contributed by atoms with Crippen LogP contribution in [-0.4, -0.2) is 19.6 Å². The van der Waals surface area contributed by atoms with Gasteiger partial charge in [-0.1, -0.05) is 6.07 Å². The number of aryl methyl sites for hydroxylation is 1. The van der Waals surface area contributed by atoms with Crippen molar-refractivity contribution in [3.63, 3.8) is 0 Å². The molecule has 1 aromatic rings. The molecule has 1 aliphatic heterocycles. The van der Waals surface area contributed by atoms with Crippen molar-refractivity contribution >= 4 is 11.5 Å². The summed E-state index contributed by atoms with van der Waals surface area (Å²) in [7, 11) is 1.69. The van der Waals surface area contributed by atoms with Crippen LogP contribution < -0.4 is 10.1 Å². The lowest BCUT2D eigenvalue weighted by atomic mass is 9.76. The molecule has 0 saturated carbocycles. The van der Waals surface area contributed by atoms with Crippen LogP contribution in [0, 0.1) is 5.92 Å². The Morgan fingerprint density at radius 1 is 1.32 bits per heavy atom. The van der Waals surface area contributed by atoms with Crippen molar-refractivity contribution in [3.8, 4) is 5.75 Å². The number of amides is 1. The maximum absolute atomic E-state index is 12.0. The number of allylic oxidation sites excluding steroid dienone is 1. The molecule has 0 radical (unpaired) electrons. The summed E-state index contributed by atoms with van der Waals surface area (Å²) >= 11 is 0. The number of hydrogen-bond donors (Lipinski definition) is 1. The van der Waals surface area contributed by atoms with Gasteiger partial charge in [0.2, 0.25) is 5.91 Å². The van der Waals surface area contributed by atoms with E-state index in [2.05, 4.69) is 17.4 Å². The van der Waals surface area contributed by atoms with Crippen molar-refractivity contribution < 1.29 is 9.53 Å². The van der Waals surface area contributed by atoms with Gasteiger partial charge in [0, 0.05) is 12.1 Å². The molecular formula is C16H19NO2. The molecule has 0 saturated heterocycles. The first kappa shape index (κ1) is 12.3. The average Bonchev–Trinajstić information content (AvgIpc) is 2.58. The lowest BCUT2D eigenvalue weighted by molar-refractivity contribution is -0.117. The predicted octanol–water partition coefficient (Wildman–Crippen LogP) is 2.55. The van der Waals surface area contributed by atoms with E-state index in [0.717, 1.165) is 37.1 Å². The van der Waals surface area contributed by atoms with Crippen LogP contribution in [0.15, 0.2) is 23.8 Å². The normalized spacial score (nSPS) is 22.2. The van der Waals surface area contributed by atoms with Crippen LogP contribution in [0.3, 0.4) is 0 Å². The van der Waals surface area contributed by atoms with Gasteiger partial charge in [-0.05, 0) is 60.9 Å². The Labute approximate surface area is 113 Å². The van der Waals surface area contributed by atoms with Crippen molar-refractivity contribution in [1.82, 2.24) is 5.32 Å². The summed E-state index contributed by atoms with van der Waals surface area (Å²) in [5.74, 6) is 1.49. The Morgan fingerprint density at radius 3 is 2.95 bits per heavy atom. The highest BCUT2D eigenvalue weighted by Gasteiger charge is 2.29. The van der Waals surface area contributed by atoms with E-state index in [0.29, 0.717) is 5.92 Å². The first-order valence-electron chi connectivity index (χ1n) is 6.87. The monoisotopic (exact) mass is 257 g/mol. The van der Waals surface area contributed by atoms with Crippen LogP contribution in [0.2, 0.25) is 0 Å². The van der Waals surface area contributed by atoms with Crippen LogP contribution in [0.5, 0.6) is 5.75 Å². The van der Waals surface area contributed by atoms with Gasteiger partial charge < -0.3 is 10.1 Å². The van der Waals surface area contributed by atoms with E-state index in [1.54, 1.807) is 7.11 Å². The molecule has 0 spiro atoms. The Balaban J connectivity index is 2.14. The van der Waals surface area contributed by atoms with Crippen molar-refractivity contribution in [2.45, 2.75) is 26.2 Å². The molecule has 3 heteroatoms. The van der Waals surface area contributed by atoms with Crippen LogP contribution >= 0.6 is 0 Å². The number of rotatable bonds is 1. The fourth-order valence-electron chi connectivity index (χ4n) is 3.27. The summed E-state index contributed by atoms with van der Waals surface area (Å²) < 4.78 is 5.29. The van der Waals surface area contributed by atoms with Crippen molar-refractivity contribution in [2.24, 2.45) is 5.92 Å². The van der Waals surface area contributed by atoms with E-state index in [1.165, 1.54) is 16.7 Å². The number of carbonyl (C=O) groups is 1. The third-order valence-electron chi connectivity index (χ3n) is 4.30. The molecule has 19 heavy (non-hydrogen) atoms. The summed E-state index contributed by atoms with van der Waals surface area (Å²) in [6.07, 6.45) is 3.24. The smallest absolute Gasteiger partial charge is 0.247 e. The van der Waals surface area contributed by atoms with Crippen LogP contribution in [0.25, 0.3) is 5.57 Å². The number of methoxy groups -OCH3 is 1. The van der Waals surface area contributed by atoms with E-state index < -0.39 is 0 Å². The highest BCUT2D eigenvalue weighted by atomic mass is 16.5. The molecule has 1 aliphatic carbocycles. The molecule has 100 valence electrons. The fraction of sp³-hybridized carbons (Fsp3) is 0.438. The standard InChI is InChI=1S/C16H19NO2/c1-10-15-11(7-8-17-16(10)18)3-4-12-9-13(19-2)5-6-14(12)15/h5-6,9,11H,3-4,7-8H2,1-2H3,(H,17,18). The Hall–Kier alpha value is -1.77. The molecule has 3 nitrogen and oxygen atoms in total. The molecule has 1 heterocycles. The van der Waals surface area contributed by atoms with Crippen LogP contribution in [-0.2, 0) is 11.2 Å². The predicted molar refractivity (Wildman–Crippen MR) is 75.0 cm³/mol. The molecule has 1 N–H and O–H groups in total. The zero-order valence-electron chi connectivity index (χ0n) is 11.5. The Kier molecular flexibility index (Phi) is 3.05. The van der Waals surface area contributed by atoms with Crippen LogP contribution in [0.1, 0.15) is 30.9 Å². The topological polar surface area (TPSA) is 38.3 Å². The molecule has 1 aromatic carbocycles. The zero-order chi connectivity index (χ0) is 13.4. The number of ether oxygens (including phenoxy) is 1.